The van der Waals surface area contributed by atoms with Crippen molar-refractivity contribution < 1.29 is 9.47 Å². The highest BCUT2D eigenvalue weighted by Crippen LogP contribution is 2.33. The van der Waals surface area contributed by atoms with Crippen LogP contribution in [-0.2, 0) is 4.74 Å². The Morgan fingerprint density at radius 1 is 1.00 bits per heavy atom. The molecule has 0 bridgehead atoms. The van der Waals surface area contributed by atoms with Crippen molar-refractivity contribution in [3.8, 4) is 22.8 Å². The van der Waals surface area contributed by atoms with Gasteiger partial charge in [0.2, 0.25) is 11.8 Å². The summed E-state index contributed by atoms with van der Waals surface area (Å²) in [4.78, 5) is 10.7. The molecule has 0 amide bonds. The van der Waals surface area contributed by atoms with Crippen molar-refractivity contribution in [1.29, 1.82) is 0 Å². The van der Waals surface area contributed by atoms with E-state index >= 15 is 0 Å². The summed E-state index contributed by atoms with van der Waals surface area (Å²) in [7, 11) is 0. The quantitative estimate of drug-likeness (QED) is 0.688. The molecule has 0 unspecified atom stereocenters. The molecule has 2 aromatic carbocycles. The Morgan fingerprint density at radius 3 is 2.56 bits per heavy atom. The van der Waals surface area contributed by atoms with Gasteiger partial charge in [0.15, 0.2) is 0 Å². The smallest absolute Gasteiger partial charge is 0.231 e. The van der Waals surface area contributed by atoms with Gasteiger partial charge >= 0.3 is 0 Å². The fourth-order valence-corrected chi connectivity index (χ4v) is 2.99. The number of nitrogen functional groups attached to an aromatic ring is 2. The molecule has 2 heterocycles. The van der Waals surface area contributed by atoms with Crippen LogP contribution >= 0.6 is 0 Å². The summed E-state index contributed by atoms with van der Waals surface area (Å²) in [5.41, 5.74) is 15.1. The minimum atomic E-state index is 0.161. The second-order valence-electron chi connectivity index (χ2n) is 6.27. The zero-order valence-electron chi connectivity index (χ0n) is 14.8. The molecule has 3 aromatic rings. The molecule has 0 aliphatic carbocycles. The maximum atomic E-state index is 5.96. The van der Waals surface area contributed by atoms with Gasteiger partial charge in [-0.05, 0) is 42.0 Å². The first kappa shape index (κ1) is 17.1. The van der Waals surface area contributed by atoms with E-state index in [0.717, 1.165) is 43.1 Å². The molecule has 7 heteroatoms. The Hall–Kier alpha value is -3.32. The third-order valence-electron chi connectivity index (χ3n) is 4.40. The standard InChI is InChI=1S/C20H21N5O2/c21-15-4-6-17(7-5-15)27-19-18(13-23-20(22)24-19)14-2-1-3-16(12-14)25-8-10-26-11-9-25/h1-7,12-13H,8-11,21H2,(H2,22,23,24). The fraction of sp³-hybridized carbons (Fsp3) is 0.200. The summed E-state index contributed by atoms with van der Waals surface area (Å²) in [6.45, 7) is 3.22. The molecule has 0 atom stereocenters. The molecule has 4 N–H and O–H groups in total. The number of morpholine rings is 1. The second kappa shape index (κ2) is 7.51. The van der Waals surface area contributed by atoms with Crippen LogP contribution < -0.4 is 21.1 Å². The molecule has 7 nitrogen and oxygen atoms in total. The predicted octanol–water partition coefficient (Wildman–Crippen LogP) is 2.94. The Morgan fingerprint density at radius 2 is 1.78 bits per heavy atom. The van der Waals surface area contributed by atoms with Crippen molar-refractivity contribution in [2.75, 3.05) is 42.7 Å². The van der Waals surface area contributed by atoms with Crippen LogP contribution in [0.25, 0.3) is 11.1 Å². The average molecular weight is 363 g/mol. The van der Waals surface area contributed by atoms with Crippen molar-refractivity contribution in [3.05, 3.63) is 54.7 Å². The van der Waals surface area contributed by atoms with E-state index in [2.05, 4.69) is 27.0 Å². The molecular weight excluding hydrogens is 342 g/mol. The van der Waals surface area contributed by atoms with Crippen molar-refractivity contribution >= 4 is 17.3 Å². The number of benzene rings is 2. The number of hydrogen-bond donors (Lipinski definition) is 2. The largest absolute Gasteiger partial charge is 0.438 e. The van der Waals surface area contributed by atoms with Gasteiger partial charge in [-0.3, -0.25) is 0 Å². The number of nitrogens with two attached hydrogens (primary N) is 2. The first-order chi connectivity index (χ1) is 13.2. The van der Waals surface area contributed by atoms with Crippen LogP contribution in [0.2, 0.25) is 0 Å². The van der Waals surface area contributed by atoms with Gasteiger partial charge < -0.3 is 25.8 Å². The minimum absolute atomic E-state index is 0.161. The van der Waals surface area contributed by atoms with E-state index in [1.165, 1.54) is 0 Å². The number of aromatic nitrogens is 2. The lowest BCUT2D eigenvalue weighted by Crippen LogP contribution is -2.36. The maximum absolute atomic E-state index is 5.96. The Bertz CT molecular complexity index is 924. The van der Waals surface area contributed by atoms with Crippen molar-refractivity contribution in [1.82, 2.24) is 9.97 Å². The Kier molecular flexibility index (Phi) is 4.76. The first-order valence-electron chi connectivity index (χ1n) is 8.78. The van der Waals surface area contributed by atoms with E-state index < -0.39 is 0 Å². The summed E-state index contributed by atoms with van der Waals surface area (Å²) >= 11 is 0. The third-order valence-corrected chi connectivity index (χ3v) is 4.40. The average Bonchev–Trinajstić information content (AvgIpc) is 2.71. The van der Waals surface area contributed by atoms with Crippen molar-refractivity contribution in [3.63, 3.8) is 0 Å². The Balaban J connectivity index is 1.68. The normalized spacial score (nSPS) is 14.1. The van der Waals surface area contributed by atoms with Crippen molar-refractivity contribution in [2.45, 2.75) is 0 Å². The minimum Gasteiger partial charge on any atom is -0.438 e. The van der Waals surface area contributed by atoms with Crippen LogP contribution in [0.3, 0.4) is 0 Å². The highest BCUT2D eigenvalue weighted by Gasteiger charge is 2.15. The zero-order valence-corrected chi connectivity index (χ0v) is 14.8. The first-order valence-corrected chi connectivity index (χ1v) is 8.78. The van der Waals surface area contributed by atoms with Gasteiger partial charge in [-0.15, -0.1) is 0 Å². The van der Waals surface area contributed by atoms with Crippen LogP contribution in [0.4, 0.5) is 17.3 Å². The Labute approximate surface area is 157 Å². The molecular formula is C20H21N5O2. The lowest BCUT2D eigenvalue weighted by atomic mass is 10.1. The summed E-state index contributed by atoms with van der Waals surface area (Å²) < 4.78 is 11.4. The zero-order chi connectivity index (χ0) is 18.6. The number of ether oxygens (including phenoxy) is 2. The molecule has 1 aliphatic heterocycles. The molecule has 0 radical (unpaired) electrons. The van der Waals surface area contributed by atoms with Gasteiger partial charge in [-0.25, -0.2) is 4.98 Å². The van der Waals surface area contributed by atoms with Crippen LogP contribution in [0.15, 0.2) is 54.7 Å². The summed E-state index contributed by atoms with van der Waals surface area (Å²) in [6, 6.07) is 15.4. The van der Waals surface area contributed by atoms with Gasteiger partial charge in [-0.1, -0.05) is 12.1 Å². The van der Waals surface area contributed by atoms with Crippen LogP contribution in [0.1, 0.15) is 0 Å². The number of nitrogens with zero attached hydrogens (tertiary/aromatic N) is 3. The maximum Gasteiger partial charge on any atom is 0.231 e. The SMILES string of the molecule is Nc1ccc(Oc2nc(N)ncc2-c2cccc(N3CCOCC3)c2)cc1. The van der Waals surface area contributed by atoms with Gasteiger partial charge in [0.1, 0.15) is 5.75 Å². The number of hydrogen-bond acceptors (Lipinski definition) is 7. The lowest BCUT2D eigenvalue weighted by Gasteiger charge is -2.29. The predicted molar refractivity (Wildman–Crippen MR) is 106 cm³/mol. The molecule has 0 spiro atoms. The molecule has 1 aliphatic rings. The lowest BCUT2D eigenvalue weighted by molar-refractivity contribution is 0.122. The second-order valence-corrected chi connectivity index (χ2v) is 6.27. The topological polar surface area (TPSA) is 99.5 Å². The monoisotopic (exact) mass is 363 g/mol. The molecule has 1 saturated heterocycles. The van der Waals surface area contributed by atoms with Gasteiger partial charge in [-0.2, -0.15) is 4.98 Å². The number of rotatable bonds is 4. The number of anilines is 3. The molecule has 1 fully saturated rings. The summed E-state index contributed by atoms with van der Waals surface area (Å²) in [5, 5.41) is 0. The van der Waals surface area contributed by atoms with E-state index in [9.17, 15) is 0 Å². The van der Waals surface area contributed by atoms with E-state index in [-0.39, 0.29) is 5.95 Å². The van der Waals surface area contributed by atoms with Gasteiger partial charge in [0.05, 0.1) is 18.8 Å². The highest BCUT2D eigenvalue weighted by molar-refractivity contribution is 5.72. The van der Waals surface area contributed by atoms with Gasteiger partial charge in [0.25, 0.3) is 0 Å². The van der Waals surface area contributed by atoms with Gasteiger partial charge in [0, 0.05) is 30.7 Å². The van der Waals surface area contributed by atoms with Crippen LogP contribution in [0, 0.1) is 0 Å². The molecule has 27 heavy (non-hydrogen) atoms. The molecule has 4 rings (SSSR count). The molecule has 138 valence electrons. The third kappa shape index (κ3) is 3.93. The summed E-state index contributed by atoms with van der Waals surface area (Å²) in [6.07, 6.45) is 1.69. The van der Waals surface area contributed by atoms with E-state index in [0.29, 0.717) is 17.3 Å². The van der Waals surface area contributed by atoms with E-state index in [1.807, 2.05) is 12.1 Å². The van der Waals surface area contributed by atoms with Crippen LogP contribution in [0.5, 0.6) is 11.6 Å². The van der Waals surface area contributed by atoms with E-state index in [4.69, 9.17) is 20.9 Å². The van der Waals surface area contributed by atoms with Crippen LogP contribution in [-0.4, -0.2) is 36.3 Å². The highest BCUT2D eigenvalue weighted by atomic mass is 16.5. The van der Waals surface area contributed by atoms with Crippen molar-refractivity contribution in [2.24, 2.45) is 0 Å². The molecule has 0 saturated carbocycles. The fourth-order valence-electron chi connectivity index (χ4n) is 2.99. The van der Waals surface area contributed by atoms with E-state index in [1.54, 1.807) is 30.5 Å². The molecule has 1 aromatic heterocycles. The summed E-state index contributed by atoms with van der Waals surface area (Å²) in [5.74, 6) is 1.20.